The van der Waals surface area contributed by atoms with Crippen LogP contribution in [0.2, 0.25) is 0 Å². The van der Waals surface area contributed by atoms with Crippen molar-refractivity contribution in [2.45, 2.75) is 18.5 Å². The first-order valence-electron chi connectivity index (χ1n) is 10.1. The summed E-state index contributed by atoms with van der Waals surface area (Å²) in [5.74, 6) is 0.175. The van der Waals surface area contributed by atoms with Crippen LogP contribution in [0.15, 0.2) is 65.4 Å². The second kappa shape index (κ2) is 10.8. The smallest absolute Gasteiger partial charge is 0.311 e. The molecule has 0 aliphatic heterocycles. The molecule has 3 aromatic heterocycles. The molecule has 0 saturated heterocycles. The first-order valence-corrected chi connectivity index (χ1v) is 11.9. The minimum absolute atomic E-state index is 0.0757. The molecule has 0 spiro atoms. The molecule has 168 valence electrons. The fourth-order valence-corrected chi connectivity index (χ4v) is 4.42. The van der Waals surface area contributed by atoms with Gasteiger partial charge in [-0.25, -0.2) is 4.98 Å². The standard InChI is InChI=1S/C22H20N6O3S2/c1-2-31-19(30)11-16-13-32-21(24-16)25-18(29)14-33-22-27-26-20(15-7-6-10-23-12-15)28(22)17-8-4-3-5-9-17/h3-10,12-13H,2,11,14H2,1H3,(H,24,25,29). The average Bonchev–Trinajstić information content (AvgIpc) is 3.45. The first kappa shape index (κ1) is 22.6. The van der Waals surface area contributed by atoms with E-state index in [0.29, 0.717) is 28.4 Å². The largest absolute Gasteiger partial charge is 0.466 e. The maximum absolute atomic E-state index is 12.5. The van der Waals surface area contributed by atoms with Gasteiger partial charge in [0.05, 0.1) is 24.5 Å². The van der Waals surface area contributed by atoms with E-state index in [1.807, 2.05) is 47.0 Å². The Bertz CT molecular complexity index is 1230. The van der Waals surface area contributed by atoms with Crippen molar-refractivity contribution in [2.24, 2.45) is 0 Å². The number of ether oxygens (including phenoxy) is 1. The van der Waals surface area contributed by atoms with Crippen molar-refractivity contribution >= 4 is 40.1 Å². The molecule has 0 bridgehead atoms. The van der Waals surface area contributed by atoms with Gasteiger partial charge in [-0.1, -0.05) is 30.0 Å². The molecule has 11 heteroatoms. The zero-order chi connectivity index (χ0) is 23.0. The van der Waals surface area contributed by atoms with Crippen molar-refractivity contribution in [3.05, 3.63) is 65.9 Å². The van der Waals surface area contributed by atoms with Gasteiger partial charge in [0.2, 0.25) is 5.91 Å². The normalized spacial score (nSPS) is 10.7. The van der Waals surface area contributed by atoms with Crippen LogP contribution in [0.4, 0.5) is 5.13 Å². The number of rotatable bonds is 9. The van der Waals surface area contributed by atoms with Gasteiger partial charge >= 0.3 is 5.97 Å². The second-order valence-corrected chi connectivity index (χ2v) is 8.48. The van der Waals surface area contributed by atoms with Gasteiger partial charge in [0.25, 0.3) is 0 Å². The van der Waals surface area contributed by atoms with E-state index in [1.165, 1.54) is 23.1 Å². The van der Waals surface area contributed by atoms with E-state index < -0.39 is 0 Å². The maximum Gasteiger partial charge on any atom is 0.311 e. The van der Waals surface area contributed by atoms with Crippen molar-refractivity contribution in [1.29, 1.82) is 0 Å². The summed E-state index contributed by atoms with van der Waals surface area (Å²) in [5.41, 5.74) is 2.26. The van der Waals surface area contributed by atoms with E-state index in [4.69, 9.17) is 4.74 Å². The van der Waals surface area contributed by atoms with E-state index in [-0.39, 0.29) is 24.1 Å². The number of aromatic nitrogens is 5. The minimum atomic E-state index is -0.346. The van der Waals surface area contributed by atoms with E-state index in [2.05, 4.69) is 25.5 Å². The second-order valence-electron chi connectivity index (χ2n) is 6.68. The molecule has 4 rings (SSSR count). The Morgan fingerprint density at radius 1 is 1.15 bits per heavy atom. The molecule has 1 aromatic carbocycles. The maximum atomic E-state index is 12.5. The summed E-state index contributed by atoms with van der Waals surface area (Å²) in [7, 11) is 0. The van der Waals surface area contributed by atoms with Crippen LogP contribution >= 0.6 is 23.1 Å². The summed E-state index contributed by atoms with van der Waals surface area (Å²) in [4.78, 5) is 32.6. The third kappa shape index (κ3) is 5.82. The Morgan fingerprint density at radius 3 is 2.76 bits per heavy atom. The molecule has 3 heterocycles. The van der Waals surface area contributed by atoms with Crippen LogP contribution in [0.3, 0.4) is 0 Å². The third-order valence-corrected chi connectivity index (χ3v) is 6.06. The predicted octanol–water partition coefficient (Wildman–Crippen LogP) is 3.62. The lowest BCUT2D eigenvalue weighted by Crippen LogP contribution is -2.15. The number of anilines is 1. The molecule has 0 radical (unpaired) electrons. The number of carbonyl (C=O) groups is 2. The number of hydrogen-bond acceptors (Lipinski definition) is 9. The van der Waals surface area contributed by atoms with Crippen molar-refractivity contribution in [3.63, 3.8) is 0 Å². The highest BCUT2D eigenvalue weighted by atomic mass is 32.2. The van der Waals surface area contributed by atoms with Gasteiger partial charge < -0.3 is 10.1 Å². The fourth-order valence-electron chi connectivity index (χ4n) is 2.95. The highest BCUT2D eigenvalue weighted by Gasteiger charge is 2.18. The number of nitrogens with zero attached hydrogens (tertiary/aromatic N) is 5. The molecule has 9 nitrogen and oxygen atoms in total. The van der Waals surface area contributed by atoms with Crippen molar-refractivity contribution in [2.75, 3.05) is 17.7 Å². The summed E-state index contributed by atoms with van der Waals surface area (Å²) in [6.07, 6.45) is 3.50. The molecule has 33 heavy (non-hydrogen) atoms. The molecule has 0 fully saturated rings. The Morgan fingerprint density at radius 2 is 2.00 bits per heavy atom. The zero-order valence-electron chi connectivity index (χ0n) is 17.7. The topological polar surface area (TPSA) is 112 Å². The highest BCUT2D eigenvalue weighted by molar-refractivity contribution is 7.99. The van der Waals surface area contributed by atoms with E-state index in [0.717, 1.165) is 11.3 Å². The van der Waals surface area contributed by atoms with E-state index >= 15 is 0 Å². The molecule has 0 saturated carbocycles. The van der Waals surface area contributed by atoms with Gasteiger partial charge in [0.1, 0.15) is 0 Å². The molecule has 0 atom stereocenters. The average molecular weight is 481 g/mol. The number of benzene rings is 1. The van der Waals surface area contributed by atoms with Gasteiger partial charge in [-0.05, 0) is 31.2 Å². The van der Waals surface area contributed by atoms with Gasteiger partial charge in [-0.2, -0.15) is 0 Å². The molecule has 0 aliphatic carbocycles. The van der Waals surface area contributed by atoms with Crippen LogP contribution in [0.25, 0.3) is 17.1 Å². The summed E-state index contributed by atoms with van der Waals surface area (Å²) in [5, 5.41) is 14.1. The Balaban J connectivity index is 1.45. The monoisotopic (exact) mass is 480 g/mol. The van der Waals surface area contributed by atoms with Crippen LogP contribution in [0, 0.1) is 0 Å². The number of amides is 1. The number of nitrogens with one attached hydrogen (secondary N) is 1. The number of thioether (sulfide) groups is 1. The van der Waals surface area contributed by atoms with Crippen LogP contribution in [-0.4, -0.2) is 49.0 Å². The molecule has 1 amide bonds. The fraction of sp³-hybridized carbons (Fsp3) is 0.182. The molecular formula is C22H20N6O3S2. The summed E-state index contributed by atoms with van der Waals surface area (Å²) >= 11 is 2.53. The highest BCUT2D eigenvalue weighted by Crippen LogP contribution is 2.27. The zero-order valence-corrected chi connectivity index (χ0v) is 19.3. The van der Waals surface area contributed by atoms with Crippen LogP contribution in [-0.2, 0) is 20.7 Å². The van der Waals surface area contributed by atoms with Crippen molar-refractivity contribution in [3.8, 4) is 17.1 Å². The predicted molar refractivity (Wildman–Crippen MR) is 126 cm³/mol. The van der Waals surface area contributed by atoms with Crippen LogP contribution in [0.5, 0.6) is 0 Å². The number of para-hydroxylation sites is 1. The van der Waals surface area contributed by atoms with Gasteiger partial charge in [0.15, 0.2) is 16.1 Å². The first-order chi connectivity index (χ1) is 16.1. The lowest BCUT2D eigenvalue weighted by molar-refractivity contribution is -0.142. The summed E-state index contributed by atoms with van der Waals surface area (Å²) < 4.78 is 6.82. The molecule has 4 aromatic rings. The third-order valence-electron chi connectivity index (χ3n) is 4.33. The number of hydrogen-bond donors (Lipinski definition) is 1. The Labute approximate surface area is 198 Å². The van der Waals surface area contributed by atoms with Gasteiger partial charge in [-0.3, -0.25) is 19.1 Å². The Hall–Kier alpha value is -3.57. The minimum Gasteiger partial charge on any atom is -0.466 e. The number of thiazole rings is 1. The SMILES string of the molecule is CCOC(=O)Cc1csc(NC(=O)CSc2nnc(-c3cccnc3)n2-c2ccccc2)n1. The lowest BCUT2D eigenvalue weighted by atomic mass is 10.2. The quantitative estimate of drug-likeness (QED) is 0.286. The van der Waals surface area contributed by atoms with Crippen LogP contribution in [0.1, 0.15) is 12.6 Å². The van der Waals surface area contributed by atoms with Crippen molar-refractivity contribution in [1.82, 2.24) is 24.7 Å². The number of esters is 1. The summed E-state index contributed by atoms with van der Waals surface area (Å²) in [6.45, 7) is 2.07. The molecular weight excluding hydrogens is 460 g/mol. The van der Waals surface area contributed by atoms with Crippen LogP contribution < -0.4 is 5.32 Å². The molecule has 1 N–H and O–H groups in total. The summed E-state index contributed by atoms with van der Waals surface area (Å²) in [6, 6.07) is 13.4. The number of pyridine rings is 1. The number of carbonyl (C=O) groups excluding carboxylic acids is 2. The molecule has 0 aliphatic rings. The van der Waals surface area contributed by atoms with E-state index in [9.17, 15) is 9.59 Å². The Kier molecular flexibility index (Phi) is 7.43. The lowest BCUT2D eigenvalue weighted by Gasteiger charge is -2.10. The van der Waals surface area contributed by atoms with Crippen molar-refractivity contribution < 1.29 is 14.3 Å². The van der Waals surface area contributed by atoms with E-state index in [1.54, 1.807) is 24.7 Å². The molecule has 0 unspecified atom stereocenters. The van der Waals surface area contributed by atoms with Gasteiger partial charge in [-0.15, -0.1) is 21.5 Å². The van der Waals surface area contributed by atoms with Gasteiger partial charge in [0, 0.05) is 29.0 Å².